The van der Waals surface area contributed by atoms with Crippen LogP contribution in [-0.2, 0) is 9.53 Å². The summed E-state index contributed by atoms with van der Waals surface area (Å²) in [5.41, 5.74) is 0.446. The number of benzene rings is 1. The van der Waals surface area contributed by atoms with Gasteiger partial charge in [-0.3, -0.25) is 4.79 Å². The summed E-state index contributed by atoms with van der Waals surface area (Å²) in [5.74, 6) is -3.81. The minimum atomic E-state index is -1.22. The van der Waals surface area contributed by atoms with E-state index in [1.165, 1.54) is 4.90 Å². The van der Waals surface area contributed by atoms with Crippen LogP contribution >= 0.6 is 11.6 Å². The van der Waals surface area contributed by atoms with E-state index in [9.17, 15) is 18.4 Å². The van der Waals surface area contributed by atoms with Crippen LogP contribution in [-0.4, -0.2) is 36.5 Å². The molecule has 0 bridgehead atoms. The van der Waals surface area contributed by atoms with Crippen molar-refractivity contribution >= 4 is 23.5 Å². The number of halogens is 3. The van der Waals surface area contributed by atoms with Gasteiger partial charge in [-0.05, 0) is 26.0 Å². The van der Waals surface area contributed by atoms with Gasteiger partial charge in [0.1, 0.15) is 0 Å². The van der Waals surface area contributed by atoms with Crippen molar-refractivity contribution in [2.45, 2.75) is 13.8 Å². The van der Waals surface area contributed by atoms with Gasteiger partial charge in [-0.1, -0.05) is 23.8 Å². The van der Waals surface area contributed by atoms with Crippen molar-refractivity contribution in [2.24, 2.45) is 0 Å². The highest BCUT2D eigenvalue weighted by atomic mass is 35.5. The van der Waals surface area contributed by atoms with E-state index in [0.717, 1.165) is 5.57 Å². The van der Waals surface area contributed by atoms with Crippen molar-refractivity contribution in [2.75, 3.05) is 19.7 Å². The number of hydrogen-bond acceptors (Lipinski definition) is 3. The molecule has 0 aliphatic rings. The quantitative estimate of drug-likeness (QED) is 0.457. The first kappa shape index (κ1) is 18.1. The Morgan fingerprint density at radius 3 is 2.45 bits per heavy atom. The fourth-order valence-electron chi connectivity index (χ4n) is 1.68. The molecule has 1 aromatic rings. The molecule has 0 N–H and O–H groups in total. The number of ether oxygens (including phenoxy) is 1. The minimum absolute atomic E-state index is 0.286. The highest BCUT2D eigenvalue weighted by Gasteiger charge is 2.19. The Bertz CT molecular complexity index is 605. The van der Waals surface area contributed by atoms with Crippen molar-refractivity contribution in [3.05, 3.63) is 46.5 Å². The molecule has 0 spiro atoms. The molecule has 0 aromatic heterocycles. The smallest absolute Gasteiger partial charge is 0.340 e. The number of likely N-dealkylation sites (N-methyl/N-ethyl adjacent to an activating group) is 1. The third-order valence-corrected chi connectivity index (χ3v) is 3.06. The molecule has 0 aliphatic heterocycles. The summed E-state index contributed by atoms with van der Waals surface area (Å²) in [6, 6.07) is 1.31. The number of rotatable bonds is 6. The maximum Gasteiger partial charge on any atom is 0.340 e. The summed E-state index contributed by atoms with van der Waals surface area (Å²) in [6.45, 7) is 7.49. The normalized spacial score (nSPS) is 10.2. The van der Waals surface area contributed by atoms with Crippen LogP contribution in [0.25, 0.3) is 0 Å². The molecule has 0 atom stereocenters. The predicted molar refractivity (Wildman–Crippen MR) is 78.7 cm³/mol. The fraction of sp³-hybridized carbons (Fsp3) is 0.333. The lowest BCUT2D eigenvalue weighted by molar-refractivity contribution is -0.133. The van der Waals surface area contributed by atoms with Crippen LogP contribution in [0.15, 0.2) is 24.3 Å². The first-order valence-electron chi connectivity index (χ1n) is 6.50. The average molecular weight is 332 g/mol. The molecule has 4 nitrogen and oxygen atoms in total. The lowest BCUT2D eigenvalue weighted by Gasteiger charge is -2.20. The Morgan fingerprint density at radius 2 is 1.91 bits per heavy atom. The van der Waals surface area contributed by atoms with Crippen LogP contribution < -0.4 is 0 Å². The minimum Gasteiger partial charge on any atom is -0.452 e. The van der Waals surface area contributed by atoms with E-state index >= 15 is 0 Å². The predicted octanol–water partition coefficient (Wildman–Crippen LogP) is 3.20. The summed E-state index contributed by atoms with van der Waals surface area (Å²) < 4.78 is 30.8. The molecular formula is C15H16ClF2NO3. The average Bonchev–Trinajstić information content (AvgIpc) is 2.45. The second-order valence-electron chi connectivity index (χ2n) is 4.69. The third kappa shape index (κ3) is 4.80. The number of hydrogen-bond donors (Lipinski definition) is 0. The molecule has 1 amide bonds. The Labute approximate surface area is 132 Å². The van der Waals surface area contributed by atoms with Gasteiger partial charge in [0.25, 0.3) is 5.91 Å². The monoisotopic (exact) mass is 331 g/mol. The Kier molecular flexibility index (Phi) is 6.49. The summed E-state index contributed by atoms with van der Waals surface area (Å²) >= 11 is 5.66. The zero-order valence-corrected chi connectivity index (χ0v) is 13.0. The van der Waals surface area contributed by atoms with Crippen LogP contribution in [0.3, 0.4) is 0 Å². The molecule has 1 rings (SSSR count). The van der Waals surface area contributed by atoms with Crippen molar-refractivity contribution in [1.29, 1.82) is 0 Å². The van der Waals surface area contributed by atoms with Crippen molar-refractivity contribution in [3.8, 4) is 0 Å². The highest BCUT2D eigenvalue weighted by molar-refractivity contribution is 6.33. The zero-order valence-electron chi connectivity index (χ0n) is 12.3. The summed E-state index contributed by atoms with van der Waals surface area (Å²) in [6.07, 6.45) is 0. The zero-order chi connectivity index (χ0) is 16.9. The van der Waals surface area contributed by atoms with Crippen molar-refractivity contribution in [3.63, 3.8) is 0 Å². The van der Waals surface area contributed by atoms with Gasteiger partial charge in [0.05, 0.1) is 10.6 Å². The molecule has 7 heteroatoms. The Hall–Kier alpha value is -1.95. The molecule has 120 valence electrons. The second-order valence-corrected chi connectivity index (χ2v) is 5.09. The van der Waals surface area contributed by atoms with Crippen LogP contribution in [0.1, 0.15) is 24.2 Å². The van der Waals surface area contributed by atoms with Gasteiger partial charge in [-0.2, -0.15) is 0 Å². The van der Waals surface area contributed by atoms with Gasteiger partial charge in [-0.15, -0.1) is 0 Å². The van der Waals surface area contributed by atoms with Gasteiger partial charge >= 0.3 is 5.97 Å². The molecule has 0 aliphatic carbocycles. The van der Waals surface area contributed by atoms with E-state index in [1.54, 1.807) is 13.8 Å². The summed E-state index contributed by atoms with van der Waals surface area (Å²) in [4.78, 5) is 25.1. The van der Waals surface area contributed by atoms with E-state index in [4.69, 9.17) is 16.3 Å². The maximum absolute atomic E-state index is 13.1. The van der Waals surface area contributed by atoms with Gasteiger partial charge in [0.15, 0.2) is 18.2 Å². The van der Waals surface area contributed by atoms with E-state index in [2.05, 4.69) is 6.58 Å². The number of carbonyl (C=O) groups excluding carboxylic acids is 2. The lowest BCUT2D eigenvalue weighted by atomic mass is 10.2. The lowest BCUT2D eigenvalue weighted by Crippen LogP contribution is -2.35. The summed E-state index contributed by atoms with van der Waals surface area (Å²) in [7, 11) is 0. The highest BCUT2D eigenvalue weighted by Crippen LogP contribution is 2.20. The molecule has 0 fully saturated rings. The molecule has 0 radical (unpaired) electrons. The molecule has 0 saturated heterocycles. The molecule has 0 unspecified atom stereocenters. The number of nitrogens with zero attached hydrogens (tertiary/aromatic N) is 1. The SMILES string of the molecule is C=C(C)CN(CC)C(=O)COC(=O)c1cc(F)c(F)cc1Cl. The van der Waals surface area contributed by atoms with Crippen LogP contribution in [0, 0.1) is 11.6 Å². The van der Waals surface area contributed by atoms with Gasteiger partial charge in [0.2, 0.25) is 0 Å². The summed E-state index contributed by atoms with van der Waals surface area (Å²) in [5, 5.41) is -0.286. The number of amides is 1. The van der Waals surface area contributed by atoms with Crippen LogP contribution in [0.5, 0.6) is 0 Å². The second kappa shape index (κ2) is 7.89. The van der Waals surface area contributed by atoms with Crippen LogP contribution in [0.2, 0.25) is 5.02 Å². The van der Waals surface area contributed by atoms with E-state index in [1.807, 2.05) is 0 Å². The molecular weight excluding hydrogens is 316 g/mol. The Morgan fingerprint density at radius 1 is 1.32 bits per heavy atom. The molecule has 22 heavy (non-hydrogen) atoms. The number of esters is 1. The van der Waals surface area contributed by atoms with Gasteiger partial charge in [-0.25, -0.2) is 13.6 Å². The van der Waals surface area contributed by atoms with E-state index in [0.29, 0.717) is 25.2 Å². The largest absolute Gasteiger partial charge is 0.452 e. The fourth-order valence-corrected chi connectivity index (χ4v) is 1.90. The third-order valence-electron chi connectivity index (χ3n) is 2.75. The number of carbonyl (C=O) groups is 2. The molecule has 0 heterocycles. The van der Waals surface area contributed by atoms with E-state index < -0.39 is 30.1 Å². The van der Waals surface area contributed by atoms with Gasteiger partial charge in [0, 0.05) is 13.1 Å². The van der Waals surface area contributed by atoms with Gasteiger partial charge < -0.3 is 9.64 Å². The molecule has 0 saturated carbocycles. The van der Waals surface area contributed by atoms with Crippen LogP contribution in [0.4, 0.5) is 8.78 Å². The molecule has 1 aromatic carbocycles. The Balaban J connectivity index is 2.72. The topological polar surface area (TPSA) is 46.6 Å². The van der Waals surface area contributed by atoms with Crippen molar-refractivity contribution < 1.29 is 23.1 Å². The maximum atomic E-state index is 13.1. The standard InChI is InChI=1S/C15H16ClF2NO3/c1-4-19(7-9(2)3)14(20)8-22-15(21)10-5-12(17)13(18)6-11(10)16/h5-6H,2,4,7-8H2,1,3H3. The van der Waals surface area contributed by atoms with Crippen molar-refractivity contribution in [1.82, 2.24) is 4.90 Å². The van der Waals surface area contributed by atoms with E-state index in [-0.39, 0.29) is 10.6 Å². The first-order chi connectivity index (χ1) is 10.3. The first-order valence-corrected chi connectivity index (χ1v) is 6.87.